The number of amides is 2. The van der Waals surface area contributed by atoms with E-state index in [0.29, 0.717) is 36.0 Å². The summed E-state index contributed by atoms with van der Waals surface area (Å²) in [5.41, 5.74) is 6.25. The molecule has 6 nitrogen and oxygen atoms in total. The lowest BCUT2D eigenvalue weighted by Crippen LogP contribution is -2.35. The van der Waals surface area contributed by atoms with Gasteiger partial charge in [-0.3, -0.25) is 9.59 Å². The van der Waals surface area contributed by atoms with Crippen LogP contribution >= 0.6 is 11.6 Å². The molecule has 23 heavy (non-hydrogen) atoms. The van der Waals surface area contributed by atoms with E-state index in [1.807, 2.05) is 6.92 Å². The fraction of sp³-hybridized carbons (Fsp3) is 0.500. The normalized spacial score (nSPS) is 18.9. The molecule has 1 aromatic carbocycles. The summed E-state index contributed by atoms with van der Waals surface area (Å²) in [6, 6.07) is 5.12. The topological polar surface area (TPSA) is 84.7 Å². The van der Waals surface area contributed by atoms with Gasteiger partial charge in [0.2, 0.25) is 11.8 Å². The number of carbonyl (C=O) groups is 2. The monoisotopic (exact) mass is 339 g/mol. The Morgan fingerprint density at radius 3 is 2.96 bits per heavy atom. The van der Waals surface area contributed by atoms with Gasteiger partial charge in [-0.15, -0.1) is 0 Å². The van der Waals surface area contributed by atoms with Crippen molar-refractivity contribution in [3.05, 3.63) is 23.2 Å². The number of halogens is 1. The van der Waals surface area contributed by atoms with E-state index in [-0.39, 0.29) is 30.2 Å². The fourth-order valence-corrected chi connectivity index (χ4v) is 2.72. The van der Waals surface area contributed by atoms with Crippen molar-refractivity contribution >= 4 is 29.1 Å². The summed E-state index contributed by atoms with van der Waals surface area (Å²) in [5.74, 6) is -0.0552. The Morgan fingerprint density at radius 2 is 2.30 bits per heavy atom. The van der Waals surface area contributed by atoms with Gasteiger partial charge in [0.15, 0.2) is 0 Å². The highest BCUT2D eigenvalue weighted by Crippen LogP contribution is 2.35. The highest BCUT2D eigenvalue weighted by atomic mass is 35.5. The van der Waals surface area contributed by atoms with E-state index < -0.39 is 0 Å². The van der Waals surface area contributed by atoms with E-state index in [1.54, 1.807) is 23.1 Å². The van der Waals surface area contributed by atoms with Crippen LogP contribution in [0.25, 0.3) is 0 Å². The lowest BCUT2D eigenvalue weighted by molar-refractivity contribution is -0.126. The van der Waals surface area contributed by atoms with Crippen LogP contribution in [0, 0.1) is 5.92 Å². The van der Waals surface area contributed by atoms with E-state index in [2.05, 4.69) is 5.32 Å². The molecule has 2 amide bonds. The Morgan fingerprint density at radius 1 is 1.57 bits per heavy atom. The van der Waals surface area contributed by atoms with E-state index >= 15 is 0 Å². The van der Waals surface area contributed by atoms with Crippen molar-refractivity contribution in [2.45, 2.75) is 25.8 Å². The molecule has 0 aliphatic carbocycles. The maximum absolute atomic E-state index is 12.3. The zero-order valence-electron chi connectivity index (χ0n) is 13.3. The summed E-state index contributed by atoms with van der Waals surface area (Å²) < 4.78 is 5.28. The van der Waals surface area contributed by atoms with Crippen LogP contribution in [-0.2, 0) is 9.59 Å². The number of hydrogen-bond donors (Lipinski definition) is 2. The van der Waals surface area contributed by atoms with E-state index in [9.17, 15) is 9.59 Å². The molecule has 1 aliphatic heterocycles. The molecule has 1 aromatic rings. The Bertz CT molecular complexity index is 592. The average Bonchev–Trinajstić information content (AvgIpc) is 2.88. The largest absolute Gasteiger partial charge is 0.495 e. The second-order valence-electron chi connectivity index (χ2n) is 5.78. The van der Waals surface area contributed by atoms with Crippen LogP contribution in [-0.4, -0.2) is 38.1 Å². The van der Waals surface area contributed by atoms with Crippen molar-refractivity contribution in [1.29, 1.82) is 0 Å². The Hall–Kier alpha value is -1.79. The molecule has 1 saturated heterocycles. The molecule has 0 spiro atoms. The van der Waals surface area contributed by atoms with Crippen LogP contribution in [0.2, 0.25) is 5.02 Å². The molecule has 1 aliphatic rings. The number of carbonyl (C=O) groups excluding carboxylic acids is 2. The van der Waals surface area contributed by atoms with Crippen molar-refractivity contribution in [3.8, 4) is 5.75 Å². The second kappa shape index (κ2) is 7.66. The minimum Gasteiger partial charge on any atom is -0.495 e. The van der Waals surface area contributed by atoms with Gasteiger partial charge < -0.3 is 20.7 Å². The molecule has 0 saturated carbocycles. The van der Waals surface area contributed by atoms with E-state index in [1.165, 1.54) is 7.11 Å². The first-order chi connectivity index (χ1) is 10.9. The van der Waals surface area contributed by atoms with E-state index in [4.69, 9.17) is 22.1 Å². The second-order valence-corrected chi connectivity index (χ2v) is 6.21. The molecule has 0 bridgehead atoms. The van der Waals surface area contributed by atoms with Crippen LogP contribution in [0.4, 0.5) is 5.69 Å². The van der Waals surface area contributed by atoms with Gasteiger partial charge in [-0.05, 0) is 31.5 Å². The summed E-state index contributed by atoms with van der Waals surface area (Å²) in [7, 11) is 1.53. The van der Waals surface area contributed by atoms with Crippen molar-refractivity contribution in [1.82, 2.24) is 5.32 Å². The van der Waals surface area contributed by atoms with Gasteiger partial charge in [-0.25, -0.2) is 0 Å². The zero-order valence-corrected chi connectivity index (χ0v) is 14.1. The Labute approximate surface area is 140 Å². The van der Waals surface area contributed by atoms with Gasteiger partial charge in [-0.1, -0.05) is 11.6 Å². The summed E-state index contributed by atoms with van der Waals surface area (Å²) in [4.78, 5) is 26.0. The van der Waals surface area contributed by atoms with Crippen LogP contribution in [0.15, 0.2) is 18.2 Å². The number of nitrogens with zero attached hydrogens (tertiary/aromatic N) is 1. The first-order valence-electron chi connectivity index (χ1n) is 7.59. The number of rotatable bonds is 6. The molecule has 2 rings (SSSR count). The summed E-state index contributed by atoms with van der Waals surface area (Å²) in [6.45, 7) is 2.72. The fourth-order valence-electron chi connectivity index (χ4n) is 2.56. The van der Waals surface area contributed by atoms with Gasteiger partial charge in [0, 0.05) is 30.6 Å². The quantitative estimate of drug-likeness (QED) is 0.823. The predicted molar refractivity (Wildman–Crippen MR) is 89.7 cm³/mol. The number of anilines is 1. The van der Waals surface area contributed by atoms with Gasteiger partial charge >= 0.3 is 0 Å². The van der Waals surface area contributed by atoms with Crippen LogP contribution < -0.4 is 20.7 Å². The first-order valence-corrected chi connectivity index (χ1v) is 7.97. The summed E-state index contributed by atoms with van der Waals surface area (Å²) in [5, 5.41) is 3.35. The maximum atomic E-state index is 12.3. The molecular weight excluding hydrogens is 318 g/mol. The van der Waals surface area contributed by atoms with Gasteiger partial charge in [0.25, 0.3) is 0 Å². The minimum absolute atomic E-state index is 0.0349. The summed E-state index contributed by atoms with van der Waals surface area (Å²) in [6.07, 6.45) is 0.887. The molecule has 126 valence electrons. The number of ether oxygens (including phenoxy) is 1. The lowest BCUT2D eigenvalue weighted by Gasteiger charge is -2.20. The predicted octanol–water partition coefficient (Wildman–Crippen LogP) is 1.55. The van der Waals surface area contributed by atoms with Gasteiger partial charge in [0.1, 0.15) is 5.75 Å². The van der Waals surface area contributed by atoms with Gasteiger partial charge in [0.05, 0.1) is 18.7 Å². The molecule has 2 unspecified atom stereocenters. The molecule has 3 N–H and O–H groups in total. The SMILES string of the molecule is COc1ccc(Cl)cc1N1CC(C(=O)NCCC(C)N)CC1=O. The highest BCUT2D eigenvalue weighted by molar-refractivity contribution is 6.31. The molecule has 2 atom stereocenters. The first kappa shape index (κ1) is 17.6. The molecular formula is C16H22ClN3O3. The van der Waals surface area contributed by atoms with Crippen molar-refractivity contribution in [3.63, 3.8) is 0 Å². The van der Waals surface area contributed by atoms with Crippen LogP contribution in [0.3, 0.4) is 0 Å². The highest BCUT2D eigenvalue weighted by Gasteiger charge is 2.36. The summed E-state index contributed by atoms with van der Waals surface area (Å²) >= 11 is 6.01. The Kier molecular flexibility index (Phi) is 5.85. The standard InChI is InChI=1S/C16H22ClN3O3/c1-10(18)5-6-19-16(22)11-7-15(21)20(9-11)13-8-12(17)3-4-14(13)23-2/h3-4,8,10-11H,5-7,9,18H2,1-2H3,(H,19,22). The lowest BCUT2D eigenvalue weighted by atomic mass is 10.1. The number of nitrogens with one attached hydrogen (secondary N) is 1. The number of benzene rings is 1. The molecule has 1 heterocycles. The average molecular weight is 340 g/mol. The van der Waals surface area contributed by atoms with E-state index in [0.717, 1.165) is 0 Å². The molecule has 0 aromatic heterocycles. The molecule has 0 radical (unpaired) electrons. The van der Waals surface area contributed by atoms with Gasteiger partial charge in [-0.2, -0.15) is 0 Å². The molecule has 1 fully saturated rings. The van der Waals surface area contributed by atoms with Crippen molar-refractivity contribution in [2.75, 3.05) is 25.1 Å². The maximum Gasteiger partial charge on any atom is 0.227 e. The molecule has 7 heteroatoms. The number of hydrogen-bond acceptors (Lipinski definition) is 4. The smallest absolute Gasteiger partial charge is 0.227 e. The number of methoxy groups -OCH3 is 1. The minimum atomic E-state index is -0.376. The van der Waals surface area contributed by atoms with Crippen molar-refractivity contribution < 1.29 is 14.3 Å². The zero-order chi connectivity index (χ0) is 17.0. The third-order valence-corrected chi connectivity index (χ3v) is 4.06. The van der Waals surface area contributed by atoms with Crippen molar-refractivity contribution in [2.24, 2.45) is 11.7 Å². The van der Waals surface area contributed by atoms with Crippen LogP contribution in [0.1, 0.15) is 19.8 Å². The Balaban J connectivity index is 2.05. The third kappa shape index (κ3) is 4.36. The number of nitrogens with two attached hydrogens (primary N) is 1. The third-order valence-electron chi connectivity index (χ3n) is 3.83. The van der Waals surface area contributed by atoms with Crippen LogP contribution in [0.5, 0.6) is 5.75 Å².